The van der Waals surface area contributed by atoms with Gasteiger partial charge in [0.2, 0.25) is 17.7 Å². The number of hydrogen-bond acceptors (Lipinski definition) is 5. The molecule has 1 aliphatic heterocycles. The molecule has 10 nitrogen and oxygen atoms in total. The van der Waals surface area contributed by atoms with Gasteiger partial charge in [-0.1, -0.05) is 32.0 Å². The van der Waals surface area contributed by atoms with Crippen LogP contribution in [-0.4, -0.2) is 69.9 Å². The zero-order valence-corrected chi connectivity index (χ0v) is 18.8. The van der Waals surface area contributed by atoms with E-state index in [1.165, 1.54) is 4.90 Å². The standard InChI is InChI=1S/C23H31N5O5/c1-13(2)20(27-19(29)11-24)21(30)26-17(22(31)28-9-5-8-18(28)23(32)33)10-14-12-25-16-7-4-3-6-15(14)16/h3-4,6-7,12-13,17-18,20,25H,5,8-11,24H2,1-2H3,(H,26,30)(H,27,29)(H,32,33). The van der Waals surface area contributed by atoms with Gasteiger partial charge >= 0.3 is 5.97 Å². The summed E-state index contributed by atoms with van der Waals surface area (Å²) in [5.41, 5.74) is 7.09. The Morgan fingerprint density at radius 1 is 1.21 bits per heavy atom. The molecule has 3 unspecified atom stereocenters. The second-order valence-corrected chi connectivity index (χ2v) is 8.65. The highest BCUT2D eigenvalue weighted by Gasteiger charge is 2.38. The van der Waals surface area contributed by atoms with Crippen molar-refractivity contribution in [3.63, 3.8) is 0 Å². The molecule has 1 aliphatic rings. The number of para-hydroxylation sites is 1. The van der Waals surface area contributed by atoms with E-state index in [1.807, 2.05) is 24.3 Å². The van der Waals surface area contributed by atoms with Crippen molar-refractivity contribution in [2.24, 2.45) is 11.7 Å². The van der Waals surface area contributed by atoms with Gasteiger partial charge < -0.3 is 31.4 Å². The number of fused-ring (bicyclic) bond motifs is 1. The van der Waals surface area contributed by atoms with Gasteiger partial charge in [0.1, 0.15) is 18.1 Å². The summed E-state index contributed by atoms with van der Waals surface area (Å²) in [6.07, 6.45) is 2.91. The van der Waals surface area contributed by atoms with Crippen molar-refractivity contribution in [2.75, 3.05) is 13.1 Å². The third kappa shape index (κ3) is 5.51. The van der Waals surface area contributed by atoms with Crippen LogP contribution in [0.2, 0.25) is 0 Å². The fourth-order valence-corrected chi connectivity index (χ4v) is 4.24. The van der Waals surface area contributed by atoms with E-state index in [0.29, 0.717) is 19.4 Å². The molecule has 0 bridgehead atoms. The SMILES string of the molecule is CC(C)C(NC(=O)CN)C(=O)NC(Cc1c[nH]c2ccccc12)C(=O)N1CCCC1C(=O)O. The maximum atomic E-state index is 13.5. The van der Waals surface area contributed by atoms with Crippen molar-refractivity contribution >= 4 is 34.6 Å². The molecule has 3 atom stereocenters. The lowest BCUT2D eigenvalue weighted by Crippen LogP contribution is -2.58. The van der Waals surface area contributed by atoms with Crippen LogP contribution in [-0.2, 0) is 25.6 Å². The summed E-state index contributed by atoms with van der Waals surface area (Å²) in [4.78, 5) is 54.5. The minimum atomic E-state index is -1.06. The molecule has 3 amide bonds. The van der Waals surface area contributed by atoms with Crippen molar-refractivity contribution in [3.05, 3.63) is 36.0 Å². The van der Waals surface area contributed by atoms with Crippen LogP contribution in [0.4, 0.5) is 0 Å². The molecule has 0 spiro atoms. The Kier molecular flexibility index (Phi) is 7.70. The van der Waals surface area contributed by atoms with E-state index >= 15 is 0 Å². The lowest BCUT2D eigenvalue weighted by atomic mass is 10.00. The van der Waals surface area contributed by atoms with E-state index in [2.05, 4.69) is 15.6 Å². The topological polar surface area (TPSA) is 158 Å². The molecule has 1 saturated heterocycles. The first kappa shape index (κ1) is 24.2. The molecular formula is C23H31N5O5. The molecule has 3 rings (SSSR count). The Labute approximate surface area is 191 Å². The number of rotatable bonds is 9. The summed E-state index contributed by atoms with van der Waals surface area (Å²) in [6.45, 7) is 3.60. The third-order valence-electron chi connectivity index (χ3n) is 5.99. The lowest BCUT2D eigenvalue weighted by molar-refractivity contribution is -0.149. The number of H-pyrrole nitrogens is 1. The number of carboxylic acid groups (broad SMARTS) is 1. The molecule has 6 N–H and O–H groups in total. The Bertz CT molecular complexity index is 1030. The van der Waals surface area contributed by atoms with E-state index in [0.717, 1.165) is 16.5 Å². The fraction of sp³-hybridized carbons (Fsp3) is 0.478. The number of carboxylic acids is 1. The second-order valence-electron chi connectivity index (χ2n) is 8.65. The van der Waals surface area contributed by atoms with Gasteiger partial charge in [-0.05, 0) is 30.4 Å². The van der Waals surface area contributed by atoms with E-state index in [1.54, 1.807) is 20.0 Å². The number of likely N-dealkylation sites (tertiary alicyclic amines) is 1. The van der Waals surface area contributed by atoms with Gasteiger partial charge in [0.25, 0.3) is 0 Å². The van der Waals surface area contributed by atoms with Crippen molar-refractivity contribution in [1.82, 2.24) is 20.5 Å². The van der Waals surface area contributed by atoms with Crippen LogP contribution >= 0.6 is 0 Å². The van der Waals surface area contributed by atoms with Crippen LogP contribution in [0.3, 0.4) is 0 Å². The van der Waals surface area contributed by atoms with Gasteiger partial charge in [0, 0.05) is 30.1 Å². The van der Waals surface area contributed by atoms with Gasteiger partial charge in [-0.25, -0.2) is 4.79 Å². The number of aromatic amines is 1. The molecular weight excluding hydrogens is 426 g/mol. The van der Waals surface area contributed by atoms with Gasteiger partial charge in [-0.15, -0.1) is 0 Å². The second kappa shape index (κ2) is 10.5. The molecule has 178 valence electrons. The molecule has 0 saturated carbocycles. The maximum Gasteiger partial charge on any atom is 0.326 e. The Morgan fingerprint density at radius 3 is 2.61 bits per heavy atom. The summed E-state index contributed by atoms with van der Waals surface area (Å²) in [6, 6.07) is 4.80. The molecule has 10 heteroatoms. The normalized spacial score (nSPS) is 17.7. The number of hydrogen-bond donors (Lipinski definition) is 5. The van der Waals surface area contributed by atoms with Gasteiger partial charge in [-0.2, -0.15) is 0 Å². The molecule has 0 aliphatic carbocycles. The average molecular weight is 458 g/mol. The Morgan fingerprint density at radius 2 is 1.94 bits per heavy atom. The molecule has 1 aromatic carbocycles. The van der Waals surface area contributed by atoms with Crippen molar-refractivity contribution in [1.29, 1.82) is 0 Å². The zero-order valence-electron chi connectivity index (χ0n) is 18.8. The number of nitrogens with two attached hydrogens (primary N) is 1. The van der Waals surface area contributed by atoms with Gasteiger partial charge in [0.05, 0.1) is 6.54 Å². The number of carbonyl (C=O) groups excluding carboxylic acids is 3. The number of aromatic nitrogens is 1. The predicted octanol–water partition coefficient (Wildman–Crippen LogP) is 0.370. The molecule has 33 heavy (non-hydrogen) atoms. The van der Waals surface area contributed by atoms with Crippen molar-refractivity contribution in [3.8, 4) is 0 Å². The molecule has 2 aromatic rings. The average Bonchev–Trinajstić information content (AvgIpc) is 3.43. The van der Waals surface area contributed by atoms with Crippen LogP contribution in [0, 0.1) is 5.92 Å². The zero-order chi connectivity index (χ0) is 24.1. The highest BCUT2D eigenvalue weighted by molar-refractivity contribution is 5.94. The molecule has 1 aromatic heterocycles. The summed E-state index contributed by atoms with van der Waals surface area (Å²) in [5, 5.41) is 15.8. The van der Waals surface area contributed by atoms with Crippen molar-refractivity contribution in [2.45, 2.75) is 51.2 Å². The smallest absolute Gasteiger partial charge is 0.326 e. The van der Waals surface area contributed by atoms with Crippen LogP contribution in [0.25, 0.3) is 10.9 Å². The van der Waals surface area contributed by atoms with Crippen LogP contribution < -0.4 is 16.4 Å². The first-order valence-corrected chi connectivity index (χ1v) is 11.1. The minimum Gasteiger partial charge on any atom is -0.480 e. The number of nitrogens with zero attached hydrogens (tertiary/aromatic N) is 1. The highest BCUT2D eigenvalue weighted by Crippen LogP contribution is 2.23. The summed E-state index contributed by atoms with van der Waals surface area (Å²) in [5.74, 6) is -2.76. The summed E-state index contributed by atoms with van der Waals surface area (Å²) in [7, 11) is 0. The monoisotopic (exact) mass is 457 g/mol. The number of amides is 3. The molecule has 0 radical (unpaired) electrons. The van der Waals surface area contributed by atoms with E-state index in [4.69, 9.17) is 5.73 Å². The molecule has 1 fully saturated rings. The lowest BCUT2D eigenvalue weighted by Gasteiger charge is -2.29. The van der Waals surface area contributed by atoms with Crippen LogP contribution in [0.1, 0.15) is 32.3 Å². The van der Waals surface area contributed by atoms with Crippen LogP contribution in [0.5, 0.6) is 0 Å². The van der Waals surface area contributed by atoms with Crippen LogP contribution in [0.15, 0.2) is 30.5 Å². The fourth-order valence-electron chi connectivity index (χ4n) is 4.24. The highest BCUT2D eigenvalue weighted by atomic mass is 16.4. The number of aliphatic carboxylic acids is 1. The number of nitrogens with one attached hydrogen (secondary N) is 3. The Balaban J connectivity index is 1.89. The summed E-state index contributed by atoms with van der Waals surface area (Å²) >= 11 is 0. The van der Waals surface area contributed by atoms with Gasteiger partial charge in [-0.3, -0.25) is 14.4 Å². The number of benzene rings is 1. The Hall–Kier alpha value is -3.40. The summed E-state index contributed by atoms with van der Waals surface area (Å²) < 4.78 is 0. The largest absolute Gasteiger partial charge is 0.480 e. The first-order chi connectivity index (χ1) is 15.7. The van der Waals surface area contributed by atoms with E-state index in [9.17, 15) is 24.3 Å². The quantitative estimate of drug-likeness (QED) is 0.366. The minimum absolute atomic E-state index is 0.174. The van der Waals surface area contributed by atoms with E-state index in [-0.39, 0.29) is 18.9 Å². The predicted molar refractivity (Wildman–Crippen MR) is 122 cm³/mol. The maximum absolute atomic E-state index is 13.5. The van der Waals surface area contributed by atoms with E-state index < -0.39 is 41.8 Å². The van der Waals surface area contributed by atoms with Crippen molar-refractivity contribution < 1.29 is 24.3 Å². The van der Waals surface area contributed by atoms with Gasteiger partial charge in [0.15, 0.2) is 0 Å². The first-order valence-electron chi connectivity index (χ1n) is 11.1. The number of carbonyl (C=O) groups is 4. The molecule has 2 heterocycles. The third-order valence-corrected chi connectivity index (χ3v) is 5.99.